The number of amides is 2. The van der Waals surface area contributed by atoms with Gasteiger partial charge in [-0.05, 0) is 53.1 Å². The minimum atomic E-state index is -0.244. The number of hydrogen-bond donors (Lipinski definition) is 2. The first kappa shape index (κ1) is 22.2. The Morgan fingerprint density at radius 1 is 0.871 bits per heavy atom. The lowest BCUT2D eigenvalue weighted by molar-refractivity contribution is 0.107. The number of hydrogen-bond acceptors (Lipinski definition) is 4. The number of nitrogens with zero attached hydrogens (tertiary/aromatic N) is 1. The van der Waals surface area contributed by atoms with Gasteiger partial charge in [0, 0.05) is 32.0 Å². The summed E-state index contributed by atoms with van der Waals surface area (Å²) in [7, 11) is 5.63. The van der Waals surface area contributed by atoms with Crippen LogP contribution in [0.3, 0.4) is 0 Å². The third kappa shape index (κ3) is 7.04. The molecule has 3 aromatic carbocycles. The Balaban J connectivity index is 1.46. The summed E-state index contributed by atoms with van der Waals surface area (Å²) in [5, 5.41) is 5.78. The van der Waals surface area contributed by atoms with Gasteiger partial charge >= 0.3 is 6.03 Å². The van der Waals surface area contributed by atoms with Crippen molar-refractivity contribution in [3.05, 3.63) is 89.5 Å². The van der Waals surface area contributed by atoms with Crippen molar-refractivity contribution in [3.63, 3.8) is 0 Å². The van der Waals surface area contributed by atoms with E-state index in [9.17, 15) is 4.79 Å². The lowest BCUT2D eigenvalue weighted by Crippen LogP contribution is -2.28. The summed E-state index contributed by atoms with van der Waals surface area (Å²) in [6, 6.07) is 23.3. The third-order valence-corrected chi connectivity index (χ3v) is 4.76. The molecule has 0 unspecified atom stereocenters. The highest BCUT2D eigenvalue weighted by Crippen LogP contribution is 2.16. The molecule has 0 spiro atoms. The molecular weight excluding hydrogens is 390 g/mol. The third-order valence-electron chi connectivity index (χ3n) is 4.76. The SMILES string of the molecule is COc1ccc(COCc2cccc(NC(=O)NCc3cccc(N(C)C)c3)c2)cc1. The van der Waals surface area contributed by atoms with E-state index in [1.54, 1.807) is 7.11 Å². The second-order valence-electron chi connectivity index (χ2n) is 7.41. The lowest BCUT2D eigenvalue weighted by atomic mass is 10.2. The van der Waals surface area contributed by atoms with Gasteiger partial charge in [-0.2, -0.15) is 0 Å². The molecule has 0 atom stereocenters. The highest BCUT2D eigenvalue weighted by molar-refractivity contribution is 5.89. The first-order valence-electron chi connectivity index (χ1n) is 10.1. The van der Waals surface area contributed by atoms with Crippen LogP contribution in [0.25, 0.3) is 0 Å². The number of benzene rings is 3. The van der Waals surface area contributed by atoms with E-state index in [1.165, 1.54) is 0 Å². The molecule has 3 aromatic rings. The van der Waals surface area contributed by atoms with E-state index in [0.717, 1.165) is 33.8 Å². The first-order valence-corrected chi connectivity index (χ1v) is 10.1. The zero-order chi connectivity index (χ0) is 22.1. The van der Waals surface area contributed by atoms with Gasteiger partial charge in [0.2, 0.25) is 0 Å². The monoisotopic (exact) mass is 419 g/mol. The van der Waals surface area contributed by atoms with Crippen LogP contribution in [0, 0.1) is 0 Å². The van der Waals surface area contributed by atoms with Crippen molar-refractivity contribution in [2.75, 3.05) is 31.4 Å². The van der Waals surface area contributed by atoms with Crippen LogP contribution in [0.2, 0.25) is 0 Å². The van der Waals surface area contributed by atoms with Crippen molar-refractivity contribution >= 4 is 17.4 Å². The molecule has 0 aliphatic carbocycles. The minimum Gasteiger partial charge on any atom is -0.497 e. The Labute approximate surface area is 183 Å². The van der Waals surface area contributed by atoms with Crippen LogP contribution in [0.5, 0.6) is 5.75 Å². The van der Waals surface area contributed by atoms with E-state index in [1.807, 2.05) is 85.7 Å². The Bertz CT molecular complexity index is 987. The van der Waals surface area contributed by atoms with Gasteiger partial charge < -0.3 is 25.0 Å². The number of carbonyl (C=O) groups excluding carboxylic acids is 1. The Morgan fingerprint density at radius 2 is 1.58 bits per heavy atom. The molecule has 6 nitrogen and oxygen atoms in total. The fourth-order valence-corrected chi connectivity index (χ4v) is 3.05. The summed E-state index contributed by atoms with van der Waals surface area (Å²) in [6.07, 6.45) is 0. The molecule has 3 rings (SSSR count). The Hall–Kier alpha value is -3.51. The van der Waals surface area contributed by atoms with E-state index in [4.69, 9.17) is 9.47 Å². The molecule has 0 saturated carbocycles. The summed E-state index contributed by atoms with van der Waals surface area (Å²) < 4.78 is 11.0. The number of rotatable bonds is 9. The van der Waals surface area contributed by atoms with Gasteiger partial charge in [0.1, 0.15) is 5.75 Å². The Morgan fingerprint density at radius 3 is 2.32 bits per heavy atom. The van der Waals surface area contributed by atoms with Gasteiger partial charge in [-0.15, -0.1) is 0 Å². The van der Waals surface area contributed by atoms with E-state index < -0.39 is 0 Å². The summed E-state index contributed by atoms with van der Waals surface area (Å²) in [5.41, 5.74) is 4.94. The lowest BCUT2D eigenvalue weighted by Gasteiger charge is -2.14. The van der Waals surface area contributed by atoms with Crippen molar-refractivity contribution < 1.29 is 14.3 Å². The maximum Gasteiger partial charge on any atom is 0.319 e. The number of carbonyl (C=O) groups is 1. The van der Waals surface area contributed by atoms with Gasteiger partial charge in [0.05, 0.1) is 20.3 Å². The number of ether oxygens (including phenoxy) is 2. The molecule has 31 heavy (non-hydrogen) atoms. The summed E-state index contributed by atoms with van der Waals surface area (Å²) >= 11 is 0. The highest BCUT2D eigenvalue weighted by atomic mass is 16.5. The van der Waals surface area contributed by atoms with Crippen molar-refractivity contribution in [1.29, 1.82) is 0 Å². The van der Waals surface area contributed by atoms with Gasteiger partial charge in [-0.25, -0.2) is 4.79 Å². The van der Waals surface area contributed by atoms with E-state index in [0.29, 0.717) is 19.8 Å². The van der Waals surface area contributed by atoms with Crippen molar-refractivity contribution in [2.45, 2.75) is 19.8 Å². The highest BCUT2D eigenvalue weighted by Gasteiger charge is 2.04. The standard InChI is InChI=1S/C25H29N3O3/c1-28(2)23-9-5-6-20(15-23)16-26-25(29)27-22-8-4-7-21(14-22)18-31-17-19-10-12-24(30-3)13-11-19/h4-15H,16-18H2,1-3H3,(H2,26,27,29). The first-order chi connectivity index (χ1) is 15.0. The molecule has 0 radical (unpaired) electrons. The summed E-state index contributed by atoms with van der Waals surface area (Å²) in [5.74, 6) is 0.825. The van der Waals surface area contributed by atoms with Crippen LogP contribution in [0.4, 0.5) is 16.2 Å². The van der Waals surface area contributed by atoms with Crippen molar-refractivity contribution in [1.82, 2.24) is 5.32 Å². The average molecular weight is 420 g/mol. The van der Waals surface area contributed by atoms with E-state index >= 15 is 0 Å². The quantitative estimate of drug-likeness (QED) is 0.523. The van der Waals surface area contributed by atoms with E-state index in [2.05, 4.69) is 16.7 Å². The zero-order valence-corrected chi connectivity index (χ0v) is 18.2. The number of anilines is 2. The zero-order valence-electron chi connectivity index (χ0n) is 18.2. The number of nitrogens with one attached hydrogen (secondary N) is 2. The maximum absolute atomic E-state index is 12.3. The fourth-order valence-electron chi connectivity index (χ4n) is 3.05. The molecule has 0 aromatic heterocycles. The smallest absolute Gasteiger partial charge is 0.319 e. The van der Waals surface area contributed by atoms with Gasteiger partial charge in [0.15, 0.2) is 0 Å². The Kier molecular flexibility index (Phi) is 7.90. The van der Waals surface area contributed by atoms with Gasteiger partial charge in [0.25, 0.3) is 0 Å². The van der Waals surface area contributed by atoms with Gasteiger partial charge in [-0.3, -0.25) is 0 Å². The van der Waals surface area contributed by atoms with Crippen LogP contribution in [0.15, 0.2) is 72.8 Å². The van der Waals surface area contributed by atoms with E-state index in [-0.39, 0.29) is 6.03 Å². The molecular formula is C25H29N3O3. The van der Waals surface area contributed by atoms with Crippen molar-refractivity contribution in [2.24, 2.45) is 0 Å². The minimum absolute atomic E-state index is 0.244. The van der Waals surface area contributed by atoms with Gasteiger partial charge in [-0.1, -0.05) is 36.4 Å². The predicted octanol–water partition coefficient (Wildman–Crippen LogP) is 4.80. The molecule has 0 aliphatic heterocycles. The number of methoxy groups -OCH3 is 1. The normalized spacial score (nSPS) is 10.4. The van der Waals surface area contributed by atoms with Crippen LogP contribution >= 0.6 is 0 Å². The summed E-state index contributed by atoms with van der Waals surface area (Å²) in [4.78, 5) is 14.3. The van der Waals surface area contributed by atoms with Crippen molar-refractivity contribution in [3.8, 4) is 5.75 Å². The van der Waals surface area contributed by atoms with Crippen LogP contribution < -0.4 is 20.3 Å². The van der Waals surface area contributed by atoms with Crippen LogP contribution in [-0.2, 0) is 24.5 Å². The molecule has 0 aliphatic rings. The molecule has 162 valence electrons. The summed E-state index contributed by atoms with van der Waals surface area (Å²) in [6.45, 7) is 1.42. The molecule has 0 heterocycles. The molecule has 6 heteroatoms. The fraction of sp³-hybridized carbons (Fsp3) is 0.240. The molecule has 0 bridgehead atoms. The largest absolute Gasteiger partial charge is 0.497 e. The van der Waals surface area contributed by atoms with Crippen LogP contribution in [0.1, 0.15) is 16.7 Å². The molecule has 2 N–H and O–H groups in total. The second-order valence-corrected chi connectivity index (χ2v) is 7.41. The van der Waals surface area contributed by atoms with Crippen LogP contribution in [-0.4, -0.2) is 27.2 Å². The maximum atomic E-state index is 12.3. The topological polar surface area (TPSA) is 62.8 Å². The molecule has 2 amide bonds. The molecule has 0 saturated heterocycles. The second kappa shape index (κ2) is 11.0. The molecule has 0 fully saturated rings. The predicted molar refractivity (Wildman–Crippen MR) is 125 cm³/mol. The number of urea groups is 1. The average Bonchev–Trinajstić information content (AvgIpc) is 2.78.